The summed E-state index contributed by atoms with van der Waals surface area (Å²) >= 11 is 0. The first-order valence-electron chi connectivity index (χ1n) is 6.53. The van der Waals surface area contributed by atoms with Crippen LogP contribution in [-0.2, 0) is 9.53 Å². The van der Waals surface area contributed by atoms with Crippen LogP contribution in [-0.4, -0.2) is 35.7 Å². The number of rotatable bonds is 7. The Balaban J connectivity index is 2.74. The van der Waals surface area contributed by atoms with E-state index in [-0.39, 0.29) is 18.0 Å². The first-order valence-corrected chi connectivity index (χ1v) is 6.53. The number of imidazole rings is 1. The molecule has 0 fully saturated rings. The zero-order valence-electron chi connectivity index (χ0n) is 12.1. The molecule has 0 spiro atoms. The third-order valence-corrected chi connectivity index (χ3v) is 3.16. The van der Waals surface area contributed by atoms with E-state index in [1.807, 2.05) is 25.3 Å². The van der Waals surface area contributed by atoms with Gasteiger partial charge in [-0.3, -0.25) is 4.79 Å². The van der Waals surface area contributed by atoms with Crippen molar-refractivity contribution in [3.8, 4) is 0 Å². The Morgan fingerprint density at radius 2 is 2.21 bits per heavy atom. The average Bonchev–Trinajstić information content (AvgIpc) is 2.85. The molecule has 1 amide bonds. The van der Waals surface area contributed by atoms with Gasteiger partial charge in [0.25, 0.3) is 0 Å². The van der Waals surface area contributed by atoms with Crippen LogP contribution in [0.15, 0.2) is 12.5 Å². The molecule has 1 rings (SSSR count). The number of hydrogen-bond acceptors (Lipinski definition) is 4. The summed E-state index contributed by atoms with van der Waals surface area (Å²) < 4.78 is 6.73. The second kappa shape index (κ2) is 7.25. The molecule has 108 valence electrons. The predicted octanol–water partition coefficient (Wildman–Crippen LogP) is 0.863. The summed E-state index contributed by atoms with van der Waals surface area (Å²) in [6.07, 6.45) is 3.38. The van der Waals surface area contributed by atoms with Crippen LogP contribution in [0.3, 0.4) is 0 Å². The largest absolute Gasteiger partial charge is 0.383 e. The second-order valence-corrected chi connectivity index (χ2v) is 4.96. The molecule has 0 aliphatic heterocycles. The Bertz CT molecular complexity index is 403. The lowest BCUT2D eigenvalue weighted by atomic mass is 10.0. The second-order valence-electron chi connectivity index (χ2n) is 4.96. The minimum atomic E-state index is -0.334. The Morgan fingerprint density at radius 1 is 1.53 bits per heavy atom. The van der Waals surface area contributed by atoms with Crippen molar-refractivity contribution >= 4 is 5.91 Å². The molecule has 1 aromatic rings. The van der Waals surface area contributed by atoms with Crippen LogP contribution in [0.5, 0.6) is 0 Å². The number of amides is 1. The highest BCUT2D eigenvalue weighted by Crippen LogP contribution is 2.21. The zero-order chi connectivity index (χ0) is 14.4. The maximum atomic E-state index is 12.0. The molecule has 6 nitrogen and oxygen atoms in total. The molecule has 0 saturated carbocycles. The third-order valence-electron chi connectivity index (χ3n) is 3.16. The van der Waals surface area contributed by atoms with Crippen molar-refractivity contribution in [3.63, 3.8) is 0 Å². The number of hydrogen-bond donors (Lipinski definition) is 2. The summed E-state index contributed by atoms with van der Waals surface area (Å²) in [6, 6.07) is -0.462. The van der Waals surface area contributed by atoms with Crippen molar-refractivity contribution in [3.05, 3.63) is 18.2 Å². The highest BCUT2D eigenvalue weighted by Gasteiger charge is 2.21. The SMILES string of the molecule is COCCNC(=O)C(C)n1cncc1C(N)C(C)C. The van der Waals surface area contributed by atoms with Crippen molar-refractivity contribution in [2.24, 2.45) is 11.7 Å². The van der Waals surface area contributed by atoms with Crippen LogP contribution in [0.4, 0.5) is 0 Å². The molecule has 19 heavy (non-hydrogen) atoms. The summed E-state index contributed by atoms with van der Waals surface area (Å²) in [7, 11) is 1.60. The standard InChI is InChI=1S/C13H24N4O2/c1-9(2)12(14)11-7-15-8-17(11)10(3)13(18)16-5-6-19-4/h7-10,12H,5-6,14H2,1-4H3,(H,16,18). The molecule has 0 bridgehead atoms. The van der Waals surface area contributed by atoms with E-state index in [9.17, 15) is 4.79 Å². The molecule has 0 aromatic carbocycles. The molecule has 0 radical (unpaired) electrons. The van der Waals surface area contributed by atoms with Gasteiger partial charge in [0.15, 0.2) is 0 Å². The maximum Gasteiger partial charge on any atom is 0.242 e. The highest BCUT2D eigenvalue weighted by atomic mass is 16.5. The van der Waals surface area contributed by atoms with Gasteiger partial charge in [0.05, 0.1) is 18.6 Å². The van der Waals surface area contributed by atoms with Crippen LogP contribution in [0.2, 0.25) is 0 Å². The summed E-state index contributed by atoms with van der Waals surface area (Å²) in [6.45, 7) is 6.93. The fourth-order valence-electron chi connectivity index (χ4n) is 1.79. The van der Waals surface area contributed by atoms with Gasteiger partial charge in [0, 0.05) is 25.9 Å². The lowest BCUT2D eigenvalue weighted by molar-refractivity contribution is -0.124. The van der Waals surface area contributed by atoms with Crippen molar-refractivity contribution in [1.29, 1.82) is 0 Å². The summed E-state index contributed by atoms with van der Waals surface area (Å²) in [5, 5.41) is 2.81. The minimum absolute atomic E-state index is 0.0627. The minimum Gasteiger partial charge on any atom is -0.383 e. The van der Waals surface area contributed by atoms with E-state index in [1.54, 1.807) is 19.6 Å². The smallest absolute Gasteiger partial charge is 0.242 e. The summed E-state index contributed by atoms with van der Waals surface area (Å²) in [5.41, 5.74) is 7.01. The topological polar surface area (TPSA) is 82.2 Å². The molecule has 6 heteroatoms. The number of methoxy groups -OCH3 is 1. The van der Waals surface area contributed by atoms with Crippen molar-refractivity contribution < 1.29 is 9.53 Å². The van der Waals surface area contributed by atoms with E-state index in [4.69, 9.17) is 10.5 Å². The van der Waals surface area contributed by atoms with Crippen molar-refractivity contribution in [2.45, 2.75) is 32.9 Å². The number of carbonyl (C=O) groups excluding carboxylic acids is 1. The maximum absolute atomic E-state index is 12.0. The molecular formula is C13H24N4O2. The lowest BCUT2D eigenvalue weighted by Crippen LogP contribution is -2.34. The van der Waals surface area contributed by atoms with Gasteiger partial charge < -0.3 is 20.4 Å². The lowest BCUT2D eigenvalue weighted by Gasteiger charge is -2.21. The monoisotopic (exact) mass is 268 g/mol. The molecule has 3 N–H and O–H groups in total. The predicted molar refractivity (Wildman–Crippen MR) is 73.6 cm³/mol. The molecule has 2 atom stereocenters. The Morgan fingerprint density at radius 3 is 2.79 bits per heavy atom. The Labute approximate surface area is 114 Å². The van der Waals surface area contributed by atoms with Crippen LogP contribution in [0.1, 0.15) is 38.5 Å². The van der Waals surface area contributed by atoms with Crippen molar-refractivity contribution in [2.75, 3.05) is 20.3 Å². The van der Waals surface area contributed by atoms with Crippen LogP contribution >= 0.6 is 0 Å². The number of nitrogens with two attached hydrogens (primary N) is 1. The van der Waals surface area contributed by atoms with Gasteiger partial charge >= 0.3 is 0 Å². The highest BCUT2D eigenvalue weighted by molar-refractivity contribution is 5.79. The van der Waals surface area contributed by atoms with E-state index in [0.29, 0.717) is 19.1 Å². The first-order chi connectivity index (χ1) is 8.99. The van der Waals surface area contributed by atoms with Gasteiger partial charge in [0.2, 0.25) is 5.91 Å². The van der Waals surface area contributed by atoms with E-state index >= 15 is 0 Å². The Kier molecular flexibility index (Phi) is 5.98. The van der Waals surface area contributed by atoms with Crippen LogP contribution < -0.4 is 11.1 Å². The number of nitrogens with zero attached hydrogens (tertiary/aromatic N) is 2. The quantitative estimate of drug-likeness (QED) is 0.719. The summed E-state index contributed by atoms with van der Waals surface area (Å²) in [4.78, 5) is 16.1. The average molecular weight is 268 g/mol. The zero-order valence-corrected chi connectivity index (χ0v) is 12.1. The normalized spacial score (nSPS) is 14.4. The molecule has 2 unspecified atom stereocenters. The molecule has 1 heterocycles. The van der Waals surface area contributed by atoms with Gasteiger partial charge in [-0.15, -0.1) is 0 Å². The van der Waals surface area contributed by atoms with Crippen LogP contribution in [0, 0.1) is 5.92 Å². The van der Waals surface area contributed by atoms with E-state index < -0.39 is 0 Å². The molecular weight excluding hydrogens is 244 g/mol. The van der Waals surface area contributed by atoms with E-state index in [2.05, 4.69) is 10.3 Å². The van der Waals surface area contributed by atoms with Gasteiger partial charge in [0.1, 0.15) is 6.04 Å². The summed E-state index contributed by atoms with van der Waals surface area (Å²) in [5.74, 6) is 0.228. The number of nitrogens with one attached hydrogen (secondary N) is 1. The van der Waals surface area contributed by atoms with Crippen molar-refractivity contribution in [1.82, 2.24) is 14.9 Å². The number of aromatic nitrogens is 2. The number of carbonyl (C=O) groups is 1. The van der Waals surface area contributed by atoms with Crippen LogP contribution in [0.25, 0.3) is 0 Å². The van der Waals surface area contributed by atoms with E-state index in [1.165, 1.54) is 0 Å². The first kappa shape index (κ1) is 15.7. The number of ether oxygens (including phenoxy) is 1. The van der Waals surface area contributed by atoms with Gasteiger partial charge in [-0.1, -0.05) is 13.8 Å². The molecule has 0 aliphatic rings. The fraction of sp³-hybridized carbons (Fsp3) is 0.692. The molecule has 0 aliphatic carbocycles. The Hall–Kier alpha value is -1.40. The van der Waals surface area contributed by atoms with Gasteiger partial charge in [-0.2, -0.15) is 0 Å². The molecule has 0 saturated heterocycles. The third kappa shape index (κ3) is 4.04. The van der Waals surface area contributed by atoms with Gasteiger partial charge in [-0.05, 0) is 12.8 Å². The van der Waals surface area contributed by atoms with Gasteiger partial charge in [-0.25, -0.2) is 4.98 Å². The fourth-order valence-corrected chi connectivity index (χ4v) is 1.79. The van der Waals surface area contributed by atoms with E-state index in [0.717, 1.165) is 5.69 Å². The molecule has 1 aromatic heterocycles.